The summed E-state index contributed by atoms with van der Waals surface area (Å²) in [4.78, 5) is 0. The number of benzene rings is 1. The third kappa shape index (κ3) is 2.09. The Morgan fingerprint density at radius 2 is 2.22 bits per heavy atom. The van der Waals surface area contributed by atoms with E-state index in [9.17, 15) is 4.39 Å². The second kappa shape index (κ2) is 5.18. The average molecular weight is 249 g/mol. The molecular weight excluding hydrogens is 233 g/mol. The molecule has 0 aliphatic rings. The molecule has 1 aromatic carbocycles. The standard InChI is InChI=1S/C13H16FN3O/c1-3-12-11(8-15)13(18-2)17(16-12)10-6-4-5-9(14)7-10/h4-7H,3,8,15H2,1-2H3. The quantitative estimate of drug-likeness (QED) is 0.902. The van der Waals surface area contributed by atoms with Crippen molar-refractivity contribution in [3.63, 3.8) is 0 Å². The molecule has 0 bridgehead atoms. The molecule has 1 heterocycles. The van der Waals surface area contributed by atoms with Crippen LogP contribution in [0.5, 0.6) is 5.88 Å². The highest BCUT2D eigenvalue weighted by Crippen LogP contribution is 2.26. The minimum Gasteiger partial charge on any atom is -0.481 e. The van der Waals surface area contributed by atoms with Crippen LogP contribution in [0.15, 0.2) is 24.3 Å². The van der Waals surface area contributed by atoms with Crippen molar-refractivity contribution in [1.82, 2.24) is 9.78 Å². The first-order chi connectivity index (χ1) is 8.71. The van der Waals surface area contributed by atoms with Crippen molar-refractivity contribution >= 4 is 0 Å². The maximum atomic E-state index is 13.3. The molecule has 18 heavy (non-hydrogen) atoms. The summed E-state index contributed by atoms with van der Waals surface area (Å²) >= 11 is 0. The number of halogens is 1. The molecule has 0 aliphatic carbocycles. The van der Waals surface area contributed by atoms with Crippen molar-refractivity contribution < 1.29 is 9.13 Å². The van der Waals surface area contributed by atoms with Crippen LogP contribution in [0.25, 0.3) is 5.69 Å². The molecule has 1 aromatic heterocycles. The topological polar surface area (TPSA) is 53.1 Å². The molecule has 4 nitrogen and oxygen atoms in total. The number of nitrogens with zero attached hydrogens (tertiary/aromatic N) is 2. The Kier molecular flexibility index (Phi) is 3.62. The van der Waals surface area contributed by atoms with E-state index in [4.69, 9.17) is 10.5 Å². The molecule has 0 aliphatic heterocycles. The monoisotopic (exact) mass is 249 g/mol. The van der Waals surface area contributed by atoms with Gasteiger partial charge in [0.2, 0.25) is 5.88 Å². The molecule has 96 valence electrons. The molecule has 0 unspecified atom stereocenters. The van der Waals surface area contributed by atoms with Crippen LogP contribution in [0.3, 0.4) is 0 Å². The summed E-state index contributed by atoms with van der Waals surface area (Å²) in [5.41, 5.74) is 8.08. The fourth-order valence-corrected chi connectivity index (χ4v) is 1.96. The minimum absolute atomic E-state index is 0.308. The molecule has 0 spiro atoms. The Bertz CT molecular complexity index is 551. The summed E-state index contributed by atoms with van der Waals surface area (Å²) in [5, 5.41) is 4.43. The highest BCUT2D eigenvalue weighted by atomic mass is 19.1. The molecule has 2 N–H and O–H groups in total. The van der Waals surface area contributed by atoms with Gasteiger partial charge in [0, 0.05) is 6.54 Å². The van der Waals surface area contributed by atoms with Gasteiger partial charge >= 0.3 is 0 Å². The molecule has 0 atom stereocenters. The smallest absolute Gasteiger partial charge is 0.221 e. The van der Waals surface area contributed by atoms with Crippen molar-refractivity contribution in [2.75, 3.05) is 7.11 Å². The number of rotatable bonds is 4. The molecule has 0 saturated carbocycles. The predicted molar refractivity (Wildman–Crippen MR) is 67.3 cm³/mol. The van der Waals surface area contributed by atoms with Gasteiger partial charge in [0.05, 0.1) is 24.1 Å². The zero-order valence-corrected chi connectivity index (χ0v) is 10.5. The van der Waals surface area contributed by atoms with Crippen molar-refractivity contribution in [3.05, 3.63) is 41.3 Å². The van der Waals surface area contributed by atoms with E-state index < -0.39 is 0 Å². The number of ether oxygens (including phenoxy) is 1. The lowest BCUT2D eigenvalue weighted by Crippen LogP contribution is -2.03. The van der Waals surface area contributed by atoms with Gasteiger partial charge < -0.3 is 10.5 Å². The molecule has 0 saturated heterocycles. The van der Waals surface area contributed by atoms with E-state index in [1.165, 1.54) is 12.1 Å². The lowest BCUT2D eigenvalue weighted by Gasteiger charge is -2.07. The lowest BCUT2D eigenvalue weighted by atomic mass is 10.2. The molecule has 0 radical (unpaired) electrons. The Labute approximate surface area is 105 Å². The van der Waals surface area contributed by atoms with Crippen molar-refractivity contribution in [2.45, 2.75) is 19.9 Å². The summed E-state index contributed by atoms with van der Waals surface area (Å²) in [7, 11) is 1.56. The van der Waals surface area contributed by atoms with E-state index in [2.05, 4.69) is 5.10 Å². The van der Waals surface area contributed by atoms with Gasteiger partial charge in [-0.3, -0.25) is 0 Å². The summed E-state index contributed by atoms with van der Waals surface area (Å²) in [5.74, 6) is 0.261. The van der Waals surface area contributed by atoms with Gasteiger partial charge in [-0.1, -0.05) is 13.0 Å². The SMILES string of the molecule is CCc1nn(-c2cccc(F)c2)c(OC)c1CN. The highest BCUT2D eigenvalue weighted by Gasteiger charge is 2.17. The van der Waals surface area contributed by atoms with E-state index in [1.54, 1.807) is 23.9 Å². The zero-order valence-electron chi connectivity index (χ0n) is 10.5. The Morgan fingerprint density at radius 1 is 1.44 bits per heavy atom. The summed E-state index contributed by atoms with van der Waals surface area (Å²) < 4.78 is 20.2. The number of nitrogens with two attached hydrogens (primary N) is 1. The van der Waals surface area contributed by atoms with Gasteiger partial charge in [0.25, 0.3) is 0 Å². The first-order valence-corrected chi connectivity index (χ1v) is 5.82. The molecule has 0 fully saturated rings. The number of aromatic nitrogens is 2. The third-order valence-electron chi connectivity index (χ3n) is 2.80. The number of hydrogen-bond donors (Lipinski definition) is 1. The molecule has 0 amide bonds. The highest BCUT2D eigenvalue weighted by molar-refractivity contribution is 5.41. The first-order valence-electron chi connectivity index (χ1n) is 5.82. The van der Waals surface area contributed by atoms with Crippen LogP contribution in [-0.2, 0) is 13.0 Å². The maximum absolute atomic E-state index is 13.3. The Morgan fingerprint density at radius 3 is 2.78 bits per heavy atom. The number of methoxy groups -OCH3 is 1. The molecule has 5 heteroatoms. The van der Waals surface area contributed by atoms with Crippen LogP contribution in [0, 0.1) is 5.82 Å². The second-order valence-electron chi connectivity index (χ2n) is 3.88. The van der Waals surface area contributed by atoms with Crippen LogP contribution in [0.4, 0.5) is 4.39 Å². The summed E-state index contributed by atoms with van der Waals surface area (Å²) in [6.07, 6.45) is 0.755. The maximum Gasteiger partial charge on any atom is 0.221 e. The summed E-state index contributed by atoms with van der Waals surface area (Å²) in [6.45, 7) is 2.35. The van der Waals surface area contributed by atoms with Crippen LogP contribution in [0.2, 0.25) is 0 Å². The van der Waals surface area contributed by atoms with E-state index in [0.717, 1.165) is 17.7 Å². The predicted octanol–water partition coefficient (Wildman–Crippen LogP) is 2.04. The van der Waals surface area contributed by atoms with E-state index in [1.807, 2.05) is 6.92 Å². The van der Waals surface area contributed by atoms with Crippen molar-refractivity contribution in [2.24, 2.45) is 5.73 Å². The van der Waals surface area contributed by atoms with Crippen LogP contribution < -0.4 is 10.5 Å². The zero-order chi connectivity index (χ0) is 13.1. The summed E-state index contributed by atoms with van der Waals surface area (Å²) in [6, 6.07) is 6.22. The van der Waals surface area contributed by atoms with Crippen molar-refractivity contribution in [3.8, 4) is 11.6 Å². The fraction of sp³-hybridized carbons (Fsp3) is 0.308. The third-order valence-corrected chi connectivity index (χ3v) is 2.80. The van der Waals surface area contributed by atoms with Gasteiger partial charge in [-0.05, 0) is 24.6 Å². The largest absolute Gasteiger partial charge is 0.481 e. The van der Waals surface area contributed by atoms with E-state index in [-0.39, 0.29) is 5.82 Å². The minimum atomic E-state index is -0.308. The van der Waals surface area contributed by atoms with Crippen molar-refractivity contribution in [1.29, 1.82) is 0 Å². The number of hydrogen-bond acceptors (Lipinski definition) is 3. The van der Waals surface area contributed by atoms with Gasteiger partial charge in [-0.25, -0.2) is 9.07 Å². The van der Waals surface area contributed by atoms with E-state index >= 15 is 0 Å². The van der Waals surface area contributed by atoms with Crippen LogP contribution in [-0.4, -0.2) is 16.9 Å². The number of aryl methyl sites for hydroxylation is 1. The fourth-order valence-electron chi connectivity index (χ4n) is 1.96. The Hall–Kier alpha value is -1.88. The van der Waals surface area contributed by atoms with Gasteiger partial charge in [0.15, 0.2) is 0 Å². The molecular formula is C13H16FN3O. The molecule has 2 rings (SSSR count). The second-order valence-corrected chi connectivity index (χ2v) is 3.88. The normalized spacial score (nSPS) is 10.7. The van der Waals surface area contributed by atoms with Crippen LogP contribution >= 0.6 is 0 Å². The van der Waals surface area contributed by atoms with E-state index in [0.29, 0.717) is 18.1 Å². The molecule has 2 aromatic rings. The van der Waals surface area contributed by atoms with Crippen LogP contribution in [0.1, 0.15) is 18.2 Å². The van der Waals surface area contributed by atoms with Gasteiger partial charge in [0.1, 0.15) is 5.82 Å². The lowest BCUT2D eigenvalue weighted by molar-refractivity contribution is 0.379. The average Bonchev–Trinajstić information content (AvgIpc) is 2.76. The first kappa shape index (κ1) is 12.6. The van der Waals surface area contributed by atoms with Gasteiger partial charge in [-0.2, -0.15) is 5.10 Å². The van der Waals surface area contributed by atoms with Gasteiger partial charge in [-0.15, -0.1) is 0 Å². The Balaban J connectivity index is 2.60.